The molecule has 92 valence electrons. The van der Waals surface area contributed by atoms with Crippen LogP contribution < -0.4 is 10.9 Å². The van der Waals surface area contributed by atoms with Crippen LogP contribution in [0.3, 0.4) is 0 Å². The first-order valence-corrected chi connectivity index (χ1v) is 4.92. The van der Waals surface area contributed by atoms with Crippen molar-refractivity contribution >= 4 is 11.9 Å². The van der Waals surface area contributed by atoms with Gasteiger partial charge in [-0.15, -0.1) is 0 Å². The SMILES string of the molecule is C=C(C)C(=O)NN[C@@H](Cc1cnc[nH]1)C(=O)O. The topological polar surface area (TPSA) is 107 Å². The third-order valence-corrected chi connectivity index (χ3v) is 2.02. The van der Waals surface area contributed by atoms with Gasteiger partial charge in [0.1, 0.15) is 6.04 Å². The fraction of sp³-hybridized carbons (Fsp3) is 0.300. The molecule has 0 aliphatic rings. The van der Waals surface area contributed by atoms with Crippen molar-refractivity contribution in [1.29, 1.82) is 0 Å². The van der Waals surface area contributed by atoms with E-state index in [4.69, 9.17) is 5.11 Å². The number of imidazole rings is 1. The number of carbonyl (C=O) groups excluding carboxylic acids is 1. The molecule has 0 spiro atoms. The predicted molar refractivity (Wildman–Crippen MR) is 59.8 cm³/mol. The Morgan fingerprint density at radius 3 is 2.82 bits per heavy atom. The molecule has 17 heavy (non-hydrogen) atoms. The summed E-state index contributed by atoms with van der Waals surface area (Å²) in [6.45, 7) is 4.97. The molecule has 7 heteroatoms. The van der Waals surface area contributed by atoms with Gasteiger partial charge in [-0.1, -0.05) is 6.58 Å². The zero-order valence-corrected chi connectivity index (χ0v) is 9.36. The summed E-state index contributed by atoms with van der Waals surface area (Å²) in [6, 6.07) is -0.932. The van der Waals surface area contributed by atoms with Gasteiger partial charge in [0.15, 0.2) is 0 Å². The normalized spacial score (nSPS) is 11.8. The molecule has 1 atom stereocenters. The molecule has 0 radical (unpaired) electrons. The number of amides is 1. The third kappa shape index (κ3) is 4.07. The van der Waals surface area contributed by atoms with E-state index in [9.17, 15) is 9.59 Å². The smallest absolute Gasteiger partial charge is 0.322 e. The highest BCUT2D eigenvalue weighted by Crippen LogP contribution is 1.98. The molecule has 1 rings (SSSR count). The average molecular weight is 238 g/mol. The number of aromatic nitrogens is 2. The van der Waals surface area contributed by atoms with Crippen LogP contribution in [-0.2, 0) is 16.0 Å². The zero-order chi connectivity index (χ0) is 12.8. The second-order valence-corrected chi connectivity index (χ2v) is 3.55. The molecule has 0 fully saturated rings. The molecule has 1 aromatic heterocycles. The maximum Gasteiger partial charge on any atom is 0.322 e. The first-order valence-electron chi connectivity index (χ1n) is 4.92. The molecule has 1 aromatic rings. The molecule has 0 bridgehead atoms. The molecule has 1 amide bonds. The van der Waals surface area contributed by atoms with E-state index in [-0.39, 0.29) is 6.42 Å². The number of hydrogen-bond donors (Lipinski definition) is 4. The van der Waals surface area contributed by atoms with Gasteiger partial charge in [0.05, 0.1) is 6.33 Å². The Kier molecular flexibility index (Phi) is 4.41. The lowest BCUT2D eigenvalue weighted by Gasteiger charge is -2.14. The van der Waals surface area contributed by atoms with Crippen molar-refractivity contribution in [1.82, 2.24) is 20.8 Å². The molecule has 0 saturated carbocycles. The number of aromatic amines is 1. The van der Waals surface area contributed by atoms with E-state index in [2.05, 4.69) is 27.4 Å². The fourth-order valence-corrected chi connectivity index (χ4v) is 1.08. The molecular weight excluding hydrogens is 224 g/mol. The van der Waals surface area contributed by atoms with Crippen LogP contribution >= 0.6 is 0 Å². The number of rotatable bonds is 6. The van der Waals surface area contributed by atoms with Gasteiger partial charge in [-0.3, -0.25) is 15.0 Å². The summed E-state index contributed by atoms with van der Waals surface area (Å²) in [6.07, 6.45) is 3.17. The van der Waals surface area contributed by atoms with Crippen LogP contribution in [-0.4, -0.2) is 33.0 Å². The van der Waals surface area contributed by atoms with Crippen molar-refractivity contribution < 1.29 is 14.7 Å². The Labute approximate surface area is 97.9 Å². The van der Waals surface area contributed by atoms with Crippen molar-refractivity contribution in [3.8, 4) is 0 Å². The second kappa shape index (κ2) is 5.80. The number of nitrogens with one attached hydrogen (secondary N) is 3. The molecule has 7 nitrogen and oxygen atoms in total. The van der Waals surface area contributed by atoms with Gasteiger partial charge in [0, 0.05) is 23.9 Å². The molecule has 0 saturated heterocycles. The van der Waals surface area contributed by atoms with E-state index >= 15 is 0 Å². The summed E-state index contributed by atoms with van der Waals surface area (Å²) in [5.74, 6) is -1.51. The maximum atomic E-state index is 11.2. The van der Waals surface area contributed by atoms with Crippen molar-refractivity contribution in [3.63, 3.8) is 0 Å². The van der Waals surface area contributed by atoms with Crippen LogP contribution in [0.5, 0.6) is 0 Å². The lowest BCUT2D eigenvalue weighted by molar-refractivity contribution is -0.140. The predicted octanol–water partition coefficient (Wildman–Crippen LogP) is -0.398. The van der Waals surface area contributed by atoms with E-state index in [0.29, 0.717) is 11.3 Å². The molecule has 1 heterocycles. The van der Waals surface area contributed by atoms with Gasteiger partial charge in [-0.2, -0.15) is 0 Å². The Morgan fingerprint density at radius 1 is 1.65 bits per heavy atom. The molecule has 0 unspecified atom stereocenters. The van der Waals surface area contributed by atoms with E-state index in [1.165, 1.54) is 19.4 Å². The number of carbonyl (C=O) groups is 2. The van der Waals surface area contributed by atoms with Crippen molar-refractivity contribution in [3.05, 3.63) is 30.4 Å². The van der Waals surface area contributed by atoms with Crippen molar-refractivity contribution in [2.24, 2.45) is 0 Å². The van der Waals surface area contributed by atoms with Crippen LogP contribution in [0.25, 0.3) is 0 Å². The number of nitrogens with zero attached hydrogens (tertiary/aromatic N) is 1. The van der Waals surface area contributed by atoms with Gasteiger partial charge in [0.2, 0.25) is 0 Å². The monoisotopic (exact) mass is 238 g/mol. The molecule has 0 aromatic carbocycles. The number of hydrazine groups is 1. The summed E-state index contributed by atoms with van der Waals surface area (Å²) in [4.78, 5) is 28.7. The first-order chi connectivity index (χ1) is 8.00. The molecular formula is C10H14N4O3. The Hall–Kier alpha value is -2.15. The second-order valence-electron chi connectivity index (χ2n) is 3.55. The average Bonchev–Trinajstić information content (AvgIpc) is 2.75. The Morgan fingerprint density at radius 2 is 2.35 bits per heavy atom. The molecule has 0 aliphatic carbocycles. The minimum absolute atomic E-state index is 0.186. The fourth-order valence-electron chi connectivity index (χ4n) is 1.08. The van der Waals surface area contributed by atoms with Gasteiger partial charge < -0.3 is 10.1 Å². The van der Waals surface area contributed by atoms with Crippen molar-refractivity contribution in [2.45, 2.75) is 19.4 Å². The van der Waals surface area contributed by atoms with E-state index in [0.717, 1.165) is 0 Å². The molecule has 0 aliphatic heterocycles. The van der Waals surface area contributed by atoms with Crippen LogP contribution in [0.4, 0.5) is 0 Å². The highest BCUT2D eigenvalue weighted by atomic mass is 16.4. The van der Waals surface area contributed by atoms with Gasteiger partial charge >= 0.3 is 5.97 Å². The van der Waals surface area contributed by atoms with Crippen LogP contribution in [0.2, 0.25) is 0 Å². The number of carboxylic acid groups (broad SMARTS) is 1. The molecule has 4 N–H and O–H groups in total. The third-order valence-electron chi connectivity index (χ3n) is 2.02. The summed E-state index contributed by atoms with van der Waals surface area (Å²) < 4.78 is 0. The van der Waals surface area contributed by atoms with Gasteiger partial charge in [-0.05, 0) is 6.92 Å². The van der Waals surface area contributed by atoms with Crippen LogP contribution in [0, 0.1) is 0 Å². The summed E-state index contributed by atoms with van der Waals surface area (Å²) in [5, 5.41) is 8.95. The van der Waals surface area contributed by atoms with Crippen molar-refractivity contribution in [2.75, 3.05) is 0 Å². The lowest BCUT2D eigenvalue weighted by atomic mass is 10.2. The minimum atomic E-state index is -1.07. The largest absolute Gasteiger partial charge is 0.480 e. The summed E-state index contributed by atoms with van der Waals surface area (Å²) in [7, 11) is 0. The van der Waals surface area contributed by atoms with Gasteiger partial charge in [-0.25, -0.2) is 10.4 Å². The summed E-state index contributed by atoms with van der Waals surface area (Å²) in [5.41, 5.74) is 5.66. The summed E-state index contributed by atoms with van der Waals surface area (Å²) >= 11 is 0. The number of hydrogen-bond acceptors (Lipinski definition) is 4. The van der Waals surface area contributed by atoms with E-state index in [1.807, 2.05) is 0 Å². The zero-order valence-electron chi connectivity index (χ0n) is 9.36. The highest BCUT2D eigenvalue weighted by molar-refractivity contribution is 5.92. The van der Waals surface area contributed by atoms with Crippen LogP contribution in [0.15, 0.2) is 24.7 Å². The van der Waals surface area contributed by atoms with E-state index in [1.54, 1.807) is 0 Å². The highest BCUT2D eigenvalue weighted by Gasteiger charge is 2.19. The minimum Gasteiger partial charge on any atom is -0.480 e. The number of aliphatic carboxylic acids is 1. The quantitative estimate of drug-likeness (QED) is 0.398. The van der Waals surface area contributed by atoms with Crippen LogP contribution in [0.1, 0.15) is 12.6 Å². The standard InChI is InChI=1S/C10H14N4O3/c1-6(2)9(15)14-13-8(10(16)17)3-7-4-11-5-12-7/h4-5,8,13H,1,3H2,2H3,(H,11,12)(H,14,15)(H,16,17)/t8-/m0/s1. The first kappa shape index (κ1) is 12.9. The van der Waals surface area contributed by atoms with Gasteiger partial charge in [0.25, 0.3) is 5.91 Å². The number of carboxylic acids is 1. The lowest BCUT2D eigenvalue weighted by Crippen LogP contribution is -2.49. The maximum absolute atomic E-state index is 11.2. The number of H-pyrrole nitrogens is 1. The Balaban J connectivity index is 2.52. The Bertz CT molecular complexity index is 413. The van der Waals surface area contributed by atoms with E-state index < -0.39 is 17.9 Å².